The van der Waals surface area contributed by atoms with Gasteiger partial charge in [0.1, 0.15) is 5.52 Å². The normalized spacial score (nSPS) is 18.2. The Morgan fingerprint density at radius 1 is 1.39 bits per heavy atom. The van der Waals surface area contributed by atoms with Gasteiger partial charge in [0.2, 0.25) is 0 Å². The first kappa shape index (κ1) is 21.5. The highest BCUT2D eigenvalue weighted by molar-refractivity contribution is 6.30. The van der Waals surface area contributed by atoms with E-state index in [9.17, 15) is 9.90 Å². The summed E-state index contributed by atoms with van der Waals surface area (Å²) in [4.78, 5) is 19.4. The van der Waals surface area contributed by atoms with Crippen molar-refractivity contribution < 1.29 is 19.1 Å². The largest absolute Gasteiger partial charge is 0.493 e. The zero-order chi connectivity index (χ0) is 22.2. The zero-order valence-corrected chi connectivity index (χ0v) is 18.6. The van der Waals surface area contributed by atoms with E-state index in [2.05, 4.69) is 10.3 Å². The second-order valence-corrected chi connectivity index (χ2v) is 8.99. The number of halogens is 1. The van der Waals surface area contributed by atoms with Gasteiger partial charge in [0, 0.05) is 35.6 Å². The number of benzene rings is 2. The molecule has 1 amide bonds. The molecule has 0 spiro atoms. The summed E-state index contributed by atoms with van der Waals surface area (Å²) in [6.45, 7) is 5.42. The van der Waals surface area contributed by atoms with Crippen LogP contribution < -0.4 is 10.1 Å². The molecule has 8 heteroatoms. The molecule has 1 aromatic heterocycles. The summed E-state index contributed by atoms with van der Waals surface area (Å²) in [5.74, 6) is 0.331. The fourth-order valence-corrected chi connectivity index (χ4v) is 4.09. The van der Waals surface area contributed by atoms with Gasteiger partial charge in [-0.3, -0.25) is 4.79 Å². The molecule has 1 saturated heterocycles. The summed E-state index contributed by atoms with van der Waals surface area (Å²) in [6, 6.07) is 11.2. The molecule has 0 saturated carbocycles. The predicted octanol–water partition coefficient (Wildman–Crippen LogP) is 4.33. The Bertz CT molecular complexity index is 1110. The van der Waals surface area contributed by atoms with E-state index in [4.69, 9.17) is 20.8 Å². The molecule has 2 heterocycles. The molecular formula is C23H26ClN3O4. The van der Waals surface area contributed by atoms with Crippen LogP contribution in [-0.4, -0.2) is 47.2 Å². The van der Waals surface area contributed by atoms with Crippen LogP contribution in [0.4, 0.5) is 6.01 Å². The first-order chi connectivity index (χ1) is 14.8. The molecule has 4 rings (SSSR count). The number of carbonyl (C=O) groups is 1. The molecule has 2 aromatic carbocycles. The number of amides is 1. The number of aromatic nitrogens is 1. The zero-order valence-electron chi connectivity index (χ0n) is 17.8. The summed E-state index contributed by atoms with van der Waals surface area (Å²) >= 11 is 6.03. The summed E-state index contributed by atoms with van der Waals surface area (Å²) in [5, 5.41) is 14.0. The number of piperidine rings is 1. The van der Waals surface area contributed by atoms with Crippen LogP contribution in [0.1, 0.15) is 36.2 Å². The lowest BCUT2D eigenvalue weighted by Crippen LogP contribution is -2.50. The van der Waals surface area contributed by atoms with Crippen molar-refractivity contribution in [2.45, 2.75) is 32.9 Å². The number of carbonyl (C=O) groups excluding carboxylic acids is 1. The number of anilines is 1. The lowest BCUT2D eigenvalue weighted by Gasteiger charge is -2.41. The van der Waals surface area contributed by atoms with Crippen LogP contribution in [0, 0.1) is 5.41 Å². The number of ether oxygens (including phenoxy) is 1. The van der Waals surface area contributed by atoms with Gasteiger partial charge in [-0.25, -0.2) is 0 Å². The molecule has 0 bridgehead atoms. The van der Waals surface area contributed by atoms with E-state index in [-0.39, 0.29) is 11.3 Å². The van der Waals surface area contributed by atoms with E-state index < -0.39 is 6.10 Å². The number of methoxy groups -OCH3 is 1. The topological polar surface area (TPSA) is 87.8 Å². The number of aliphatic hydroxyl groups excluding tert-OH is 1. The van der Waals surface area contributed by atoms with E-state index >= 15 is 0 Å². The van der Waals surface area contributed by atoms with Crippen molar-refractivity contribution in [2.75, 3.05) is 25.5 Å². The van der Waals surface area contributed by atoms with Gasteiger partial charge in [-0.05, 0) is 36.2 Å². The van der Waals surface area contributed by atoms with Gasteiger partial charge in [-0.15, -0.1) is 0 Å². The maximum Gasteiger partial charge on any atom is 0.296 e. The molecular weight excluding hydrogens is 418 g/mol. The Kier molecular flexibility index (Phi) is 5.81. The Morgan fingerprint density at radius 3 is 2.90 bits per heavy atom. The number of hydrogen-bond donors (Lipinski definition) is 2. The van der Waals surface area contributed by atoms with Gasteiger partial charge in [0.25, 0.3) is 11.9 Å². The van der Waals surface area contributed by atoms with Crippen LogP contribution >= 0.6 is 11.6 Å². The molecule has 1 aliphatic rings. The molecule has 3 aromatic rings. The van der Waals surface area contributed by atoms with E-state index in [1.54, 1.807) is 17.0 Å². The minimum absolute atomic E-state index is 0.114. The fraction of sp³-hybridized carbons (Fsp3) is 0.391. The smallest absolute Gasteiger partial charge is 0.296 e. The van der Waals surface area contributed by atoms with Crippen molar-refractivity contribution in [3.63, 3.8) is 0 Å². The van der Waals surface area contributed by atoms with Crippen molar-refractivity contribution in [1.29, 1.82) is 0 Å². The Labute approximate surface area is 186 Å². The van der Waals surface area contributed by atoms with E-state index in [0.717, 1.165) is 5.56 Å². The predicted molar refractivity (Wildman–Crippen MR) is 120 cm³/mol. The third-order valence-electron chi connectivity index (χ3n) is 5.72. The Hall–Kier alpha value is -2.77. The first-order valence-corrected chi connectivity index (χ1v) is 10.6. The molecule has 1 atom stereocenters. The summed E-state index contributed by atoms with van der Waals surface area (Å²) in [7, 11) is 1.53. The van der Waals surface area contributed by atoms with Crippen LogP contribution in [0.3, 0.4) is 0 Å². The lowest BCUT2D eigenvalue weighted by atomic mass is 9.81. The Balaban J connectivity index is 1.57. The maximum absolute atomic E-state index is 13.2. The molecule has 2 N–H and O–H groups in total. The molecule has 164 valence electrons. The second kappa shape index (κ2) is 8.40. The average molecular weight is 444 g/mol. The number of oxazole rings is 1. The number of hydrogen-bond acceptors (Lipinski definition) is 6. The second-order valence-electron chi connectivity index (χ2n) is 8.55. The van der Waals surface area contributed by atoms with Crippen LogP contribution in [-0.2, 0) is 6.54 Å². The maximum atomic E-state index is 13.2. The number of nitrogens with zero attached hydrogens (tertiary/aromatic N) is 2. The van der Waals surface area contributed by atoms with Crippen molar-refractivity contribution in [3.05, 3.63) is 52.5 Å². The molecule has 7 nitrogen and oxygen atoms in total. The minimum atomic E-state index is -0.419. The van der Waals surface area contributed by atoms with Gasteiger partial charge in [-0.1, -0.05) is 37.6 Å². The summed E-state index contributed by atoms with van der Waals surface area (Å²) in [6.07, 6.45) is 0.136. The van der Waals surface area contributed by atoms with Crippen molar-refractivity contribution in [1.82, 2.24) is 9.88 Å². The quantitative estimate of drug-likeness (QED) is 0.610. The SMILES string of the molecule is COc1cc(C(=O)N2CC[C@@H](O)C(C)(C)C2)cc2nc(NCc3cccc(Cl)c3)oc12. The van der Waals surface area contributed by atoms with Gasteiger partial charge in [0.15, 0.2) is 11.3 Å². The summed E-state index contributed by atoms with van der Waals surface area (Å²) < 4.78 is 11.3. The van der Waals surface area contributed by atoms with E-state index in [1.807, 2.05) is 38.1 Å². The first-order valence-electron chi connectivity index (χ1n) is 10.2. The number of likely N-dealkylation sites (tertiary alicyclic amines) is 1. The number of fused-ring (bicyclic) bond motifs is 1. The van der Waals surface area contributed by atoms with Crippen molar-refractivity contribution in [2.24, 2.45) is 5.41 Å². The highest BCUT2D eigenvalue weighted by atomic mass is 35.5. The van der Waals surface area contributed by atoms with Gasteiger partial charge in [-0.2, -0.15) is 4.98 Å². The highest BCUT2D eigenvalue weighted by Gasteiger charge is 2.36. The lowest BCUT2D eigenvalue weighted by molar-refractivity contribution is -0.0182. The fourth-order valence-electron chi connectivity index (χ4n) is 3.88. The third-order valence-corrected chi connectivity index (χ3v) is 5.95. The van der Waals surface area contributed by atoms with Crippen molar-refractivity contribution >= 4 is 34.6 Å². The monoisotopic (exact) mass is 443 g/mol. The molecule has 1 fully saturated rings. The van der Waals surface area contributed by atoms with Crippen molar-refractivity contribution in [3.8, 4) is 5.75 Å². The van der Waals surface area contributed by atoms with Crippen LogP contribution in [0.2, 0.25) is 5.02 Å². The molecule has 0 unspecified atom stereocenters. The number of nitrogens with one attached hydrogen (secondary N) is 1. The number of rotatable bonds is 5. The van der Waals surface area contributed by atoms with Gasteiger partial charge >= 0.3 is 0 Å². The highest BCUT2D eigenvalue weighted by Crippen LogP contribution is 2.33. The third kappa shape index (κ3) is 4.48. The minimum Gasteiger partial charge on any atom is -0.493 e. The van der Waals surface area contributed by atoms with Crippen LogP contribution in [0.25, 0.3) is 11.1 Å². The standard InChI is InChI=1S/C23H26ClN3O4/c1-23(2)13-27(8-7-19(23)28)21(29)15-10-17-20(18(11-15)30-3)31-22(26-17)25-12-14-5-4-6-16(24)9-14/h4-6,9-11,19,28H,7-8,12-13H2,1-3H3,(H,25,26)/t19-/m1/s1. The van der Waals surface area contributed by atoms with Crippen LogP contribution in [0.5, 0.6) is 5.75 Å². The van der Waals surface area contributed by atoms with Crippen LogP contribution in [0.15, 0.2) is 40.8 Å². The number of aliphatic hydroxyl groups is 1. The average Bonchev–Trinajstić information content (AvgIpc) is 3.16. The van der Waals surface area contributed by atoms with E-state index in [0.29, 0.717) is 59.5 Å². The molecule has 1 aliphatic heterocycles. The Morgan fingerprint density at radius 2 is 2.19 bits per heavy atom. The molecule has 0 radical (unpaired) electrons. The van der Waals surface area contributed by atoms with Gasteiger partial charge < -0.3 is 24.5 Å². The summed E-state index contributed by atoms with van der Waals surface area (Å²) in [5.41, 5.74) is 2.13. The van der Waals surface area contributed by atoms with E-state index in [1.165, 1.54) is 7.11 Å². The molecule has 0 aliphatic carbocycles. The van der Waals surface area contributed by atoms with Gasteiger partial charge in [0.05, 0.1) is 13.2 Å². The molecule has 31 heavy (non-hydrogen) atoms.